The third-order valence-electron chi connectivity index (χ3n) is 3.72. The van der Waals surface area contributed by atoms with Gasteiger partial charge in [-0.1, -0.05) is 30.3 Å². The molecule has 1 amide bonds. The minimum atomic E-state index is -0.473. The topological polar surface area (TPSA) is 104 Å². The van der Waals surface area contributed by atoms with Crippen LogP contribution in [0.25, 0.3) is 0 Å². The molecule has 1 aliphatic rings. The second-order valence-corrected chi connectivity index (χ2v) is 5.29. The van der Waals surface area contributed by atoms with E-state index in [9.17, 15) is 9.90 Å². The van der Waals surface area contributed by atoms with Crippen LogP contribution in [0.2, 0.25) is 0 Å². The lowest BCUT2D eigenvalue weighted by atomic mass is 10.1. The number of benzene rings is 1. The smallest absolute Gasteiger partial charge is 0.274 e. The summed E-state index contributed by atoms with van der Waals surface area (Å²) in [5.41, 5.74) is 8.29. The van der Waals surface area contributed by atoms with Crippen LogP contribution < -0.4 is 11.1 Å². The number of hydrogen-bond acceptors (Lipinski definition) is 4. The molecule has 0 spiro atoms. The number of carbonyl (C=O) groups excluding carboxylic acids is 1. The molecule has 21 heavy (non-hydrogen) atoms. The monoisotopic (exact) mass is 286 g/mol. The first-order chi connectivity index (χ1) is 10.2. The molecule has 0 bridgehead atoms. The molecular formula is C15H18N4O2. The quantitative estimate of drug-likeness (QED) is 0.665. The van der Waals surface area contributed by atoms with Gasteiger partial charge in [0.1, 0.15) is 0 Å². The highest BCUT2D eigenvalue weighted by molar-refractivity contribution is 5.98. The second kappa shape index (κ2) is 5.57. The van der Waals surface area contributed by atoms with Crippen LogP contribution in [-0.2, 0) is 0 Å². The number of rotatable bonds is 5. The average molecular weight is 286 g/mol. The minimum absolute atomic E-state index is 0.185. The standard InChI is InChI=1S/C15H18N4O2/c16-12-13(10-6-7-10)18-19-14(12)15(21)17-11(8-20)9-4-2-1-3-5-9/h1-5,10-11,20H,6-8,16H2,(H,17,21)(H,18,19). The van der Waals surface area contributed by atoms with Crippen molar-refractivity contribution in [2.75, 3.05) is 12.3 Å². The van der Waals surface area contributed by atoms with Gasteiger partial charge >= 0.3 is 0 Å². The molecule has 6 nitrogen and oxygen atoms in total. The van der Waals surface area contributed by atoms with E-state index in [0.29, 0.717) is 11.6 Å². The molecule has 1 aromatic carbocycles. The van der Waals surface area contributed by atoms with Gasteiger partial charge in [0.05, 0.1) is 24.0 Å². The van der Waals surface area contributed by atoms with Crippen molar-refractivity contribution in [2.45, 2.75) is 24.8 Å². The van der Waals surface area contributed by atoms with Gasteiger partial charge < -0.3 is 16.2 Å². The number of H-pyrrole nitrogens is 1. The number of aliphatic hydroxyl groups is 1. The van der Waals surface area contributed by atoms with Gasteiger partial charge in [-0.3, -0.25) is 9.89 Å². The van der Waals surface area contributed by atoms with Crippen LogP contribution in [0.4, 0.5) is 5.69 Å². The Morgan fingerprint density at radius 3 is 2.76 bits per heavy atom. The van der Waals surface area contributed by atoms with Gasteiger partial charge in [-0.2, -0.15) is 5.10 Å². The zero-order valence-corrected chi connectivity index (χ0v) is 11.5. The summed E-state index contributed by atoms with van der Waals surface area (Å²) < 4.78 is 0. The van der Waals surface area contributed by atoms with Gasteiger partial charge in [0.15, 0.2) is 5.69 Å². The summed E-state index contributed by atoms with van der Waals surface area (Å²) in [4.78, 5) is 12.3. The van der Waals surface area contributed by atoms with Crippen molar-refractivity contribution in [1.82, 2.24) is 15.5 Å². The summed E-state index contributed by atoms with van der Waals surface area (Å²) >= 11 is 0. The predicted octanol–water partition coefficient (Wildman–Crippen LogP) is 1.33. The largest absolute Gasteiger partial charge is 0.395 e. The summed E-state index contributed by atoms with van der Waals surface area (Å²) in [5.74, 6) is 0.0281. The summed E-state index contributed by atoms with van der Waals surface area (Å²) in [6.45, 7) is -0.185. The Hall–Kier alpha value is -2.34. The van der Waals surface area contributed by atoms with Crippen LogP contribution in [0.1, 0.15) is 46.5 Å². The number of aromatic nitrogens is 2. The van der Waals surface area contributed by atoms with E-state index < -0.39 is 6.04 Å². The molecule has 5 N–H and O–H groups in total. The number of nitrogens with two attached hydrogens (primary N) is 1. The Balaban J connectivity index is 1.76. The molecule has 0 saturated heterocycles. The molecule has 1 heterocycles. The van der Waals surface area contributed by atoms with Crippen molar-refractivity contribution >= 4 is 11.6 Å². The first-order valence-electron chi connectivity index (χ1n) is 7.01. The van der Waals surface area contributed by atoms with Crippen LogP contribution >= 0.6 is 0 Å². The van der Waals surface area contributed by atoms with Crippen LogP contribution in [0.3, 0.4) is 0 Å². The number of nitrogens with zero attached hydrogens (tertiary/aromatic N) is 1. The number of nitrogens with one attached hydrogen (secondary N) is 2. The van der Waals surface area contributed by atoms with Crippen molar-refractivity contribution in [1.29, 1.82) is 0 Å². The predicted molar refractivity (Wildman–Crippen MR) is 78.7 cm³/mol. The Bertz CT molecular complexity index is 634. The average Bonchev–Trinajstić information content (AvgIpc) is 3.28. The highest BCUT2D eigenvalue weighted by atomic mass is 16.3. The van der Waals surface area contributed by atoms with Gasteiger partial charge in [-0.15, -0.1) is 0 Å². The SMILES string of the molecule is Nc1c(C(=O)NC(CO)c2ccccc2)n[nH]c1C1CC1. The van der Waals surface area contributed by atoms with Crippen LogP contribution in [0.15, 0.2) is 30.3 Å². The van der Waals surface area contributed by atoms with E-state index in [2.05, 4.69) is 15.5 Å². The van der Waals surface area contributed by atoms with E-state index in [1.807, 2.05) is 30.3 Å². The minimum Gasteiger partial charge on any atom is -0.395 e. The van der Waals surface area contributed by atoms with E-state index in [0.717, 1.165) is 24.1 Å². The normalized spacial score (nSPS) is 15.7. The number of nitrogen functional groups attached to an aromatic ring is 1. The lowest BCUT2D eigenvalue weighted by molar-refractivity contribution is 0.0912. The summed E-state index contributed by atoms with van der Waals surface area (Å²) in [5, 5.41) is 19.1. The lowest BCUT2D eigenvalue weighted by Crippen LogP contribution is -2.31. The molecule has 1 aliphatic carbocycles. The molecule has 0 aliphatic heterocycles. The molecular weight excluding hydrogens is 268 g/mol. The first kappa shape index (κ1) is 13.6. The molecule has 110 valence electrons. The Morgan fingerprint density at radius 2 is 2.14 bits per heavy atom. The van der Waals surface area contributed by atoms with E-state index in [-0.39, 0.29) is 18.2 Å². The van der Waals surface area contributed by atoms with Crippen molar-refractivity contribution in [3.05, 3.63) is 47.3 Å². The molecule has 1 saturated carbocycles. The van der Waals surface area contributed by atoms with Crippen molar-refractivity contribution < 1.29 is 9.90 Å². The van der Waals surface area contributed by atoms with Gasteiger partial charge in [0.25, 0.3) is 5.91 Å². The van der Waals surface area contributed by atoms with Crippen LogP contribution in [-0.4, -0.2) is 27.8 Å². The van der Waals surface area contributed by atoms with Gasteiger partial charge in [0.2, 0.25) is 0 Å². The zero-order valence-electron chi connectivity index (χ0n) is 11.5. The van der Waals surface area contributed by atoms with Crippen molar-refractivity contribution in [2.24, 2.45) is 0 Å². The fraction of sp³-hybridized carbons (Fsp3) is 0.333. The van der Waals surface area contributed by atoms with E-state index in [4.69, 9.17) is 5.73 Å². The second-order valence-electron chi connectivity index (χ2n) is 5.29. The number of hydrogen-bond donors (Lipinski definition) is 4. The molecule has 1 unspecified atom stereocenters. The Kier molecular flexibility index (Phi) is 3.62. The van der Waals surface area contributed by atoms with E-state index in [1.54, 1.807) is 0 Å². The first-order valence-corrected chi connectivity index (χ1v) is 7.01. The number of anilines is 1. The van der Waals surface area contributed by atoms with Crippen molar-refractivity contribution in [3.8, 4) is 0 Å². The molecule has 0 radical (unpaired) electrons. The third-order valence-corrected chi connectivity index (χ3v) is 3.72. The summed E-state index contributed by atoms with van der Waals surface area (Å²) in [6.07, 6.45) is 2.16. The number of amides is 1. The van der Waals surface area contributed by atoms with E-state index >= 15 is 0 Å². The third kappa shape index (κ3) is 2.75. The Morgan fingerprint density at radius 1 is 1.43 bits per heavy atom. The van der Waals surface area contributed by atoms with Crippen molar-refractivity contribution in [3.63, 3.8) is 0 Å². The molecule has 1 atom stereocenters. The molecule has 3 rings (SSSR count). The summed E-state index contributed by atoms with van der Waals surface area (Å²) in [7, 11) is 0. The maximum absolute atomic E-state index is 12.3. The highest BCUT2D eigenvalue weighted by Crippen LogP contribution is 2.42. The molecule has 6 heteroatoms. The maximum atomic E-state index is 12.3. The van der Waals surface area contributed by atoms with Gasteiger partial charge in [-0.05, 0) is 18.4 Å². The summed E-state index contributed by atoms with van der Waals surface area (Å²) in [6, 6.07) is 8.83. The Labute approximate surface area is 122 Å². The fourth-order valence-electron chi connectivity index (χ4n) is 2.37. The maximum Gasteiger partial charge on any atom is 0.274 e. The number of aliphatic hydroxyl groups excluding tert-OH is 1. The zero-order chi connectivity index (χ0) is 14.8. The van der Waals surface area contributed by atoms with Crippen LogP contribution in [0, 0.1) is 0 Å². The molecule has 1 aromatic heterocycles. The number of carbonyl (C=O) groups is 1. The number of aromatic amines is 1. The fourth-order valence-corrected chi connectivity index (χ4v) is 2.37. The highest BCUT2D eigenvalue weighted by Gasteiger charge is 2.30. The van der Waals surface area contributed by atoms with Gasteiger partial charge in [0, 0.05) is 5.92 Å². The molecule has 2 aromatic rings. The molecule has 1 fully saturated rings. The lowest BCUT2D eigenvalue weighted by Gasteiger charge is -2.16. The van der Waals surface area contributed by atoms with E-state index in [1.165, 1.54) is 0 Å². The van der Waals surface area contributed by atoms with Gasteiger partial charge in [-0.25, -0.2) is 0 Å². The van der Waals surface area contributed by atoms with Crippen LogP contribution in [0.5, 0.6) is 0 Å².